The number of nitrogens with zero attached hydrogens (tertiary/aromatic N) is 1. The third-order valence-electron chi connectivity index (χ3n) is 3.75. The maximum atomic E-state index is 12.6. The average Bonchev–Trinajstić information content (AvgIpc) is 3.09. The van der Waals surface area contributed by atoms with Crippen molar-refractivity contribution in [2.75, 3.05) is 26.3 Å². The molecule has 1 saturated heterocycles. The van der Waals surface area contributed by atoms with Crippen molar-refractivity contribution in [2.45, 2.75) is 10.8 Å². The first-order valence-corrected chi connectivity index (χ1v) is 10.8. The van der Waals surface area contributed by atoms with Gasteiger partial charge in [0.25, 0.3) is 15.9 Å². The quantitative estimate of drug-likeness (QED) is 0.784. The first-order chi connectivity index (χ1) is 12.4. The molecule has 0 unspecified atom stereocenters. The van der Waals surface area contributed by atoms with Gasteiger partial charge in [0.1, 0.15) is 4.21 Å². The van der Waals surface area contributed by atoms with Crippen LogP contribution in [0.25, 0.3) is 0 Å². The number of rotatable bonds is 5. The molecule has 6 nitrogen and oxygen atoms in total. The highest BCUT2D eigenvalue weighted by atomic mass is 35.5. The van der Waals surface area contributed by atoms with E-state index in [-0.39, 0.29) is 16.7 Å². The second kappa shape index (κ2) is 8.24. The van der Waals surface area contributed by atoms with Gasteiger partial charge in [-0.15, -0.1) is 11.3 Å². The van der Waals surface area contributed by atoms with E-state index in [0.29, 0.717) is 41.9 Å². The van der Waals surface area contributed by atoms with Crippen LogP contribution in [0.5, 0.6) is 0 Å². The van der Waals surface area contributed by atoms with E-state index < -0.39 is 10.0 Å². The van der Waals surface area contributed by atoms with Crippen molar-refractivity contribution < 1.29 is 17.9 Å². The van der Waals surface area contributed by atoms with Gasteiger partial charge in [0.05, 0.1) is 19.8 Å². The molecule has 1 aromatic heterocycles. The van der Waals surface area contributed by atoms with E-state index in [2.05, 4.69) is 5.32 Å². The lowest BCUT2D eigenvalue weighted by atomic mass is 10.2. The van der Waals surface area contributed by atoms with Crippen molar-refractivity contribution in [1.29, 1.82) is 0 Å². The van der Waals surface area contributed by atoms with Gasteiger partial charge in [-0.2, -0.15) is 4.31 Å². The van der Waals surface area contributed by atoms with E-state index in [0.717, 1.165) is 16.2 Å². The molecule has 2 heterocycles. The van der Waals surface area contributed by atoms with Crippen LogP contribution in [0.3, 0.4) is 0 Å². The van der Waals surface area contributed by atoms with Crippen LogP contribution in [0.2, 0.25) is 10.0 Å². The Balaban J connectivity index is 1.66. The van der Waals surface area contributed by atoms with Crippen molar-refractivity contribution >= 4 is 50.5 Å². The molecule has 1 aliphatic rings. The molecule has 0 aliphatic carbocycles. The second-order valence-electron chi connectivity index (χ2n) is 5.58. The van der Waals surface area contributed by atoms with E-state index in [9.17, 15) is 13.2 Å². The number of morpholine rings is 1. The first kappa shape index (κ1) is 19.6. The number of hydrogen-bond donors (Lipinski definition) is 1. The first-order valence-electron chi connectivity index (χ1n) is 7.77. The Kier molecular flexibility index (Phi) is 6.21. The zero-order valence-corrected chi connectivity index (χ0v) is 16.7. The lowest BCUT2D eigenvalue weighted by molar-refractivity contribution is 0.0731. The van der Waals surface area contributed by atoms with Gasteiger partial charge >= 0.3 is 0 Å². The molecule has 1 N–H and O–H groups in total. The SMILES string of the molecule is O=C(NCc1ccc(S(=O)(=O)N2CCOCC2)s1)c1cc(Cl)cc(Cl)c1. The Morgan fingerprint density at radius 2 is 1.81 bits per heavy atom. The van der Waals surface area contributed by atoms with Crippen molar-refractivity contribution in [2.24, 2.45) is 0 Å². The van der Waals surface area contributed by atoms with Crippen LogP contribution in [0, 0.1) is 0 Å². The molecule has 0 atom stereocenters. The predicted octanol–water partition coefficient (Wildman–Crippen LogP) is 3.01. The number of sulfonamides is 1. The number of amides is 1. The number of halogens is 2. The van der Waals surface area contributed by atoms with Crippen LogP contribution in [-0.4, -0.2) is 44.9 Å². The molecule has 2 aromatic rings. The summed E-state index contributed by atoms with van der Waals surface area (Å²) in [4.78, 5) is 12.9. The number of thiophene rings is 1. The number of hydrogen-bond acceptors (Lipinski definition) is 5. The molecule has 1 aliphatic heterocycles. The fourth-order valence-electron chi connectivity index (χ4n) is 2.46. The molecule has 1 aromatic carbocycles. The summed E-state index contributed by atoms with van der Waals surface area (Å²) in [5.74, 6) is -0.333. The smallest absolute Gasteiger partial charge is 0.252 e. The zero-order chi connectivity index (χ0) is 18.7. The summed E-state index contributed by atoms with van der Waals surface area (Å²) < 4.78 is 32.1. The highest BCUT2D eigenvalue weighted by molar-refractivity contribution is 7.91. The molecule has 140 valence electrons. The number of nitrogens with one attached hydrogen (secondary N) is 1. The average molecular weight is 435 g/mol. The molecular weight excluding hydrogens is 419 g/mol. The summed E-state index contributed by atoms with van der Waals surface area (Å²) in [6.45, 7) is 1.71. The molecule has 0 radical (unpaired) electrons. The highest BCUT2D eigenvalue weighted by Crippen LogP contribution is 2.26. The fourth-order valence-corrected chi connectivity index (χ4v) is 5.84. The molecule has 26 heavy (non-hydrogen) atoms. The van der Waals surface area contributed by atoms with Gasteiger partial charge < -0.3 is 10.1 Å². The van der Waals surface area contributed by atoms with Crippen molar-refractivity contribution in [3.8, 4) is 0 Å². The number of ether oxygens (including phenoxy) is 1. The van der Waals surface area contributed by atoms with Crippen LogP contribution in [0.15, 0.2) is 34.5 Å². The Labute approximate surface area is 165 Å². The summed E-state index contributed by atoms with van der Waals surface area (Å²) in [6.07, 6.45) is 0. The third-order valence-corrected chi connectivity index (χ3v) is 7.64. The Bertz CT molecular complexity index is 888. The van der Waals surface area contributed by atoms with Crippen molar-refractivity contribution in [3.05, 3.63) is 50.8 Å². The lowest BCUT2D eigenvalue weighted by Gasteiger charge is -2.25. The Hall–Kier alpha value is -1.16. The van der Waals surface area contributed by atoms with E-state index >= 15 is 0 Å². The van der Waals surface area contributed by atoms with Gasteiger partial charge in [0.2, 0.25) is 0 Å². The highest BCUT2D eigenvalue weighted by Gasteiger charge is 2.27. The topological polar surface area (TPSA) is 75.7 Å². The summed E-state index contributed by atoms with van der Waals surface area (Å²) in [5, 5.41) is 3.49. The van der Waals surface area contributed by atoms with Crippen molar-refractivity contribution in [3.63, 3.8) is 0 Å². The van der Waals surface area contributed by atoms with E-state index in [1.165, 1.54) is 16.4 Å². The maximum Gasteiger partial charge on any atom is 0.252 e. The summed E-state index contributed by atoms with van der Waals surface area (Å²) >= 11 is 12.9. The molecular formula is C16H16Cl2N2O4S2. The molecule has 10 heteroatoms. The summed E-state index contributed by atoms with van der Waals surface area (Å²) in [5.41, 5.74) is 0.347. The summed E-state index contributed by atoms with van der Waals surface area (Å²) in [7, 11) is -3.52. The largest absolute Gasteiger partial charge is 0.379 e. The van der Waals surface area contributed by atoms with Crippen LogP contribution < -0.4 is 5.32 Å². The van der Waals surface area contributed by atoms with E-state index in [1.54, 1.807) is 18.2 Å². The van der Waals surface area contributed by atoms with Gasteiger partial charge in [0, 0.05) is 33.6 Å². The molecule has 1 amide bonds. The predicted molar refractivity (Wildman–Crippen MR) is 102 cm³/mol. The number of benzene rings is 1. The van der Waals surface area contributed by atoms with Gasteiger partial charge in [-0.3, -0.25) is 4.79 Å². The Morgan fingerprint density at radius 3 is 2.46 bits per heavy atom. The normalized spacial score (nSPS) is 15.8. The number of carbonyl (C=O) groups excluding carboxylic acids is 1. The lowest BCUT2D eigenvalue weighted by Crippen LogP contribution is -2.40. The number of carbonyl (C=O) groups is 1. The minimum absolute atomic E-state index is 0.215. The maximum absolute atomic E-state index is 12.6. The van der Waals surface area contributed by atoms with Gasteiger partial charge in [-0.05, 0) is 30.3 Å². The van der Waals surface area contributed by atoms with Crippen LogP contribution >= 0.6 is 34.5 Å². The van der Waals surface area contributed by atoms with Gasteiger partial charge in [-0.1, -0.05) is 23.2 Å². The van der Waals surface area contributed by atoms with Gasteiger partial charge in [0.15, 0.2) is 0 Å². The van der Waals surface area contributed by atoms with Gasteiger partial charge in [-0.25, -0.2) is 8.42 Å². The fraction of sp³-hybridized carbons (Fsp3) is 0.312. The molecule has 3 rings (SSSR count). The molecule has 0 bridgehead atoms. The van der Waals surface area contributed by atoms with Crippen LogP contribution in [0.4, 0.5) is 0 Å². The summed E-state index contributed by atoms with van der Waals surface area (Å²) in [6, 6.07) is 7.84. The molecule has 0 saturated carbocycles. The van der Waals surface area contributed by atoms with Crippen LogP contribution in [0.1, 0.15) is 15.2 Å². The molecule has 0 spiro atoms. The minimum Gasteiger partial charge on any atom is -0.379 e. The minimum atomic E-state index is -3.52. The van der Waals surface area contributed by atoms with E-state index in [4.69, 9.17) is 27.9 Å². The molecule has 1 fully saturated rings. The standard InChI is InChI=1S/C16H16Cl2N2O4S2/c17-12-7-11(8-13(18)9-12)16(21)19-10-14-1-2-15(25-14)26(22,23)20-3-5-24-6-4-20/h1-2,7-9H,3-6,10H2,(H,19,21). The van der Waals surface area contributed by atoms with Crippen LogP contribution in [-0.2, 0) is 21.3 Å². The monoisotopic (exact) mass is 434 g/mol. The second-order valence-corrected chi connectivity index (χ2v) is 9.78. The van der Waals surface area contributed by atoms with E-state index in [1.807, 2.05) is 0 Å². The van der Waals surface area contributed by atoms with Crippen molar-refractivity contribution in [1.82, 2.24) is 9.62 Å². The third kappa shape index (κ3) is 4.57. The zero-order valence-electron chi connectivity index (χ0n) is 13.6. The Morgan fingerprint density at radius 1 is 1.15 bits per heavy atom.